The monoisotopic (exact) mass is 288 g/mol. The highest BCUT2D eigenvalue weighted by molar-refractivity contribution is 7.93. The largest absolute Gasteiger partial charge is 0.397 e. The number of nitrogens with one attached hydrogen (secondary N) is 1. The summed E-state index contributed by atoms with van der Waals surface area (Å²) in [4.78, 5) is 0. The summed E-state index contributed by atoms with van der Waals surface area (Å²) in [6.45, 7) is 3.50. The third-order valence-electron chi connectivity index (χ3n) is 3.66. The molecule has 1 heterocycles. The molecule has 0 radical (unpaired) electrons. The summed E-state index contributed by atoms with van der Waals surface area (Å²) in [5, 5.41) is 3.79. The average Bonchev–Trinajstić information content (AvgIpc) is 2.44. The zero-order valence-corrected chi connectivity index (χ0v) is 12.0. The van der Waals surface area contributed by atoms with E-state index in [1.807, 2.05) is 0 Å². The van der Waals surface area contributed by atoms with Crippen molar-refractivity contribution in [3.63, 3.8) is 0 Å². The summed E-state index contributed by atoms with van der Waals surface area (Å²) >= 11 is 5.83. The van der Waals surface area contributed by atoms with Crippen molar-refractivity contribution in [1.29, 1.82) is 0 Å². The minimum absolute atomic E-state index is 0.133. The molecule has 0 aromatic heterocycles. The van der Waals surface area contributed by atoms with Crippen molar-refractivity contribution < 1.29 is 8.42 Å². The van der Waals surface area contributed by atoms with Gasteiger partial charge in [0.05, 0.1) is 21.9 Å². The minimum atomic E-state index is -3.04. The Morgan fingerprint density at radius 2 is 2.11 bits per heavy atom. The van der Waals surface area contributed by atoms with Gasteiger partial charge in [0.1, 0.15) is 0 Å². The first-order chi connectivity index (χ1) is 8.24. The molecule has 0 saturated carbocycles. The van der Waals surface area contributed by atoms with E-state index in [0.29, 0.717) is 17.1 Å². The van der Waals surface area contributed by atoms with Gasteiger partial charge < -0.3 is 11.1 Å². The van der Waals surface area contributed by atoms with Crippen molar-refractivity contribution in [3.05, 3.63) is 23.2 Å². The molecule has 2 rings (SSSR count). The molecule has 6 heteroatoms. The molecule has 1 aliphatic rings. The lowest BCUT2D eigenvalue weighted by Crippen LogP contribution is -2.41. The van der Waals surface area contributed by atoms with Crippen LogP contribution >= 0.6 is 11.6 Å². The number of benzene rings is 1. The second-order valence-corrected chi connectivity index (χ2v) is 8.27. The molecule has 0 spiro atoms. The highest BCUT2D eigenvalue weighted by Crippen LogP contribution is 2.35. The molecule has 4 nitrogen and oxygen atoms in total. The summed E-state index contributed by atoms with van der Waals surface area (Å²) in [5.41, 5.74) is 7.12. The first-order valence-corrected chi connectivity index (χ1v) is 7.81. The van der Waals surface area contributed by atoms with E-state index in [1.165, 1.54) is 0 Å². The topological polar surface area (TPSA) is 72.2 Å². The predicted octanol–water partition coefficient (Wildman–Crippen LogP) is 2.30. The lowest BCUT2D eigenvalue weighted by molar-refractivity contribution is 0.534. The van der Waals surface area contributed by atoms with Crippen LogP contribution in [0.2, 0.25) is 5.02 Å². The number of anilines is 2. The SMILES string of the molecule is CC1(C)C(Nc2ccc(Cl)cc2N)CCS1(=O)=O. The van der Waals surface area contributed by atoms with Crippen molar-refractivity contribution in [2.75, 3.05) is 16.8 Å². The van der Waals surface area contributed by atoms with Crippen LogP contribution < -0.4 is 11.1 Å². The van der Waals surface area contributed by atoms with Gasteiger partial charge in [0.2, 0.25) is 0 Å². The molecule has 0 bridgehead atoms. The second-order valence-electron chi connectivity index (χ2n) is 5.14. The number of nitrogen functional groups attached to an aromatic ring is 1. The van der Waals surface area contributed by atoms with Crippen molar-refractivity contribution in [1.82, 2.24) is 0 Å². The van der Waals surface area contributed by atoms with E-state index < -0.39 is 14.6 Å². The summed E-state index contributed by atoms with van der Waals surface area (Å²) in [7, 11) is -3.04. The Hall–Kier alpha value is -0.940. The summed E-state index contributed by atoms with van der Waals surface area (Å²) in [5.74, 6) is 0.213. The second kappa shape index (κ2) is 4.31. The molecular weight excluding hydrogens is 272 g/mol. The van der Waals surface area contributed by atoms with Crippen molar-refractivity contribution in [3.8, 4) is 0 Å². The van der Waals surface area contributed by atoms with Gasteiger partial charge in [-0.1, -0.05) is 11.6 Å². The summed E-state index contributed by atoms with van der Waals surface area (Å²) < 4.78 is 23.1. The molecule has 1 atom stereocenters. The smallest absolute Gasteiger partial charge is 0.157 e. The van der Waals surface area contributed by atoms with Gasteiger partial charge in [-0.3, -0.25) is 0 Å². The van der Waals surface area contributed by atoms with Gasteiger partial charge >= 0.3 is 0 Å². The lowest BCUT2D eigenvalue weighted by Gasteiger charge is -2.27. The highest BCUT2D eigenvalue weighted by Gasteiger charge is 2.47. The molecule has 0 amide bonds. The molecule has 1 aliphatic heterocycles. The van der Waals surface area contributed by atoms with Gasteiger partial charge in [0.15, 0.2) is 9.84 Å². The molecule has 18 heavy (non-hydrogen) atoms. The Morgan fingerprint density at radius 1 is 1.44 bits per heavy atom. The van der Waals surface area contributed by atoms with Gasteiger partial charge in [0.25, 0.3) is 0 Å². The Morgan fingerprint density at radius 3 is 2.61 bits per heavy atom. The number of hydrogen-bond acceptors (Lipinski definition) is 4. The number of nitrogens with two attached hydrogens (primary N) is 1. The van der Waals surface area contributed by atoms with Gasteiger partial charge in [-0.25, -0.2) is 8.42 Å². The van der Waals surface area contributed by atoms with Crippen LogP contribution in [0, 0.1) is 0 Å². The minimum Gasteiger partial charge on any atom is -0.397 e. The molecule has 1 aromatic carbocycles. The van der Waals surface area contributed by atoms with Crippen LogP contribution in [-0.2, 0) is 9.84 Å². The zero-order chi connectivity index (χ0) is 13.6. The third-order valence-corrected chi connectivity index (χ3v) is 6.56. The van der Waals surface area contributed by atoms with Crippen LogP contribution in [0.1, 0.15) is 20.3 Å². The molecule has 1 fully saturated rings. The molecule has 0 aliphatic carbocycles. The Kier molecular flexibility index (Phi) is 3.23. The van der Waals surface area contributed by atoms with Crippen LogP contribution in [0.25, 0.3) is 0 Å². The number of sulfone groups is 1. The Balaban J connectivity index is 2.26. The fraction of sp³-hybridized carbons (Fsp3) is 0.500. The van der Waals surface area contributed by atoms with Gasteiger partial charge in [-0.15, -0.1) is 0 Å². The average molecular weight is 289 g/mol. The molecular formula is C12H17ClN2O2S. The maximum atomic E-state index is 11.9. The maximum absolute atomic E-state index is 11.9. The van der Waals surface area contributed by atoms with Crippen LogP contribution in [-0.4, -0.2) is 25.0 Å². The van der Waals surface area contributed by atoms with E-state index in [1.54, 1.807) is 32.0 Å². The first kappa shape index (κ1) is 13.5. The normalized spacial score (nSPS) is 24.9. The van der Waals surface area contributed by atoms with Crippen molar-refractivity contribution in [2.24, 2.45) is 0 Å². The molecule has 100 valence electrons. The molecule has 1 aromatic rings. The summed E-state index contributed by atoms with van der Waals surface area (Å²) in [6.07, 6.45) is 0.595. The number of rotatable bonds is 2. The highest BCUT2D eigenvalue weighted by atomic mass is 35.5. The van der Waals surface area contributed by atoms with Crippen LogP contribution in [0.15, 0.2) is 18.2 Å². The fourth-order valence-corrected chi connectivity index (χ4v) is 4.06. The van der Waals surface area contributed by atoms with Gasteiger partial charge in [-0.2, -0.15) is 0 Å². The molecule has 1 unspecified atom stereocenters. The van der Waals surface area contributed by atoms with Crippen LogP contribution in [0.4, 0.5) is 11.4 Å². The fourth-order valence-electron chi connectivity index (χ4n) is 2.20. The Bertz CT molecular complexity index is 569. The van der Waals surface area contributed by atoms with Crippen LogP contribution in [0.5, 0.6) is 0 Å². The quantitative estimate of drug-likeness (QED) is 0.819. The van der Waals surface area contributed by atoms with E-state index in [2.05, 4.69) is 5.32 Å². The number of halogens is 1. The van der Waals surface area contributed by atoms with Crippen molar-refractivity contribution in [2.45, 2.75) is 31.1 Å². The Labute approximate surface area is 112 Å². The maximum Gasteiger partial charge on any atom is 0.157 e. The summed E-state index contributed by atoms with van der Waals surface area (Å²) in [6, 6.07) is 5.03. The van der Waals surface area contributed by atoms with Gasteiger partial charge in [-0.05, 0) is 38.5 Å². The predicted molar refractivity (Wildman–Crippen MR) is 75.8 cm³/mol. The standard InChI is InChI=1S/C12H17ClN2O2S/c1-12(2)11(5-6-18(12,16)17)15-10-4-3-8(13)7-9(10)14/h3-4,7,11,15H,5-6,14H2,1-2H3. The van der Waals surface area contributed by atoms with E-state index in [0.717, 1.165) is 5.69 Å². The lowest BCUT2D eigenvalue weighted by atomic mass is 10.0. The molecule has 3 N–H and O–H groups in total. The van der Waals surface area contributed by atoms with E-state index in [-0.39, 0.29) is 11.8 Å². The zero-order valence-electron chi connectivity index (χ0n) is 10.4. The van der Waals surface area contributed by atoms with Crippen molar-refractivity contribution >= 4 is 32.8 Å². The van der Waals surface area contributed by atoms with E-state index in [4.69, 9.17) is 17.3 Å². The number of hydrogen-bond donors (Lipinski definition) is 2. The van der Waals surface area contributed by atoms with E-state index >= 15 is 0 Å². The van der Waals surface area contributed by atoms with E-state index in [9.17, 15) is 8.42 Å². The van der Waals surface area contributed by atoms with Crippen LogP contribution in [0.3, 0.4) is 0 Å². The van der Waals surface area contributed by atoms with Gasteiger partial charge in [0, 0.05) is 11.1 Å². The third kappa shape index (κ3) is 2.17. The molecule has 1 saturated heterocycles. The first-order valence-electron chi connectivity index (χ1n) is 5.78.